The number of methoxy groups -OCH3 is 1. The van der Waals surface area contributed by atoms with Gasteiger partial charge in [-0.3, -0.25) is 4.79 Å². The number of hydrogen-bond acceptors (Lipinski definition) is 5. The first-order valence-corrected chi connectivity index (χ1v) is 9.52. The zero-order valence-corrected chi connectivity index (χ0v) is 15.3. The van der Waals surface area contributed by atoms with E-state index in [1.54, 1.807) is 19.1 Å². The quantitative estimate of drug-likeness (QED) is 0.295. The third-order valence-corrected chi connectivity index (χ3v) is 5.83. The van der Waals surface area contributed by atoms with E-state index in [9.17, 15) is 26.4 Å². The van der Waals surface area contributed by atoms with E-state index in [1.807, 2.05) is 12.2 Å². The standard InChI is InChI=1S/C17H21F3O5S/c1-15(8-6-7-13(15)25-26(22,23)17(18,19)20)11-12-16(14(21)24-2)9-4-3-5-10-16/h4-5,7,9-10H,3,6,8,11-12H2,1-2H3/t15-/m1/s1. The molecule has 0 spiro atoms. The number of alkyl halides is 3. The number of esters is 1. The Morgan fingerprint density at radius 1 is 1.23 bits per heavy atom. The highest BCUT2D eigenvalue weighted by molar-refractivity contribution is 7.87. The van der Waals surface area contributed by atoms with Gasteiger partial charge in [0, 0.05) is 5.41 Å². The first kappa shape index (κ1) is 20.5. The van der Waals surface area contributed by atoms with Crippen LogP contribution in [0.15, 0.2) is 36.1 Å². The Kier molecular flexibility index (Phi) is 5.60. The summed E-state index contributed by atoms with van der Waals surface area (Å²) < 4.78 is 69.8. The van der Waals surface area contributed by atoms with Gasteiger partial charge in [-0.05, 0) is 38.2 Å². The molecule has 26 heavy (non-hydrogen) atoms. The second-order valence-electron chi connectivity index (χ2n) is 6.72. The van der Waals surface area contributed by atoms with Crippen LogP contribution >= 0.6 is 0 Å². The zero-order chi connectivity index (χ0) is 19.6. The van der Waals surface area contributed by atoms with E-state index in [4.69, 9.17) is 4.74 Å². The van der Waals surface area contributed by atoms with E-state index in [2.05, 4.69) is 4.18 Å². The summed E-state index contributed by atoms with van der Waals surface area (Å²) in [5.41, 5.74) is -7.41. The van der Waals surface area contributed by atoms with Crippen LogP contribution in [0.3, 0.4) is 0 Å². The van der Waals surface area contributed by atoms with Crippen molar-refractivity contribution in [1.29, 1.82) is 0 Å². The summed E-state index contributed by atoms with van der Waals surface area (Å²) in [7, 11) is -4.45. The molecule has 2 aliphatic rings. The van der Waals surface area contributed by atoms with Gasteiger partial charge in [0.2, 0.25) is 0 Å². The minimum atomic E-state index is -5.72. The highest BCUT2D eigenvalue weighted by atomic mass is 32.2. The van der Waals surface area contributed by atoms with Crippen LogP contribution in [0.5, 0.6) is 0 Å². The summed E-state index contributed by atoms with van der Waals surface area (Å²) in [6.07, 6.45) is 10.4. The van der Waals surface area contributed by atoms with Gasteiger partial charge in [-0.25, -0.2) is 0 Å². The molecule has 0 aliphatic heterocycles. The Balaban J connectivity index is 2.18. The number of halogens is 3. The lowest BCUT2D eigenvalue weighted by Crippen LogP contribution is -2.33. The van der Waals surface area contributed by atoms with E-state index in [-0.39, 0.29) is 18.6 Å². The number of allylic oxidation sites excluding steroid dienone is 4. The Bertz CT molecular complexity index is 737. The van der Waals surface area contributed by atoms with Gasteiger partial charge in [0.25, 0.3) is 0 Å². The fourth-order valence-corrected chi connectivity index (χ4v) is 3.81. The maximum absolute atomic E-state index is 12.6. The highest BCUT2D eigenvalue weighted by Gasteiger charge is 2.51. The molecular weight excluding hydrogens is 373 g/mol. The summed E-state index contributed by atoms with van der Waals surface area (Å²) in [6.45, 7) is 1.64. The van der Waals surface area contributed by atoms with Crippen molar-refractivity contribution >= 4 is 16.1 Å². The topological polar surface area (TPSA) is 69.7 Å². The molecule has 0 heterocycles. The van der Waals surface area contributed by atoms with Crippen molar-refractivity contribution in [3.05, 3.63) is 36.1 Å². The van der Waals surface area contributed by atoms with Gasteiger partial charge in [-0.2, -0.15) is 21.6 Å². The largest absolute Gasteiger partial charge is 0.534 e. The Morgan fingerprint density at radius 3 is 2.38 bits per heavy atom. The number of ether oxygens (including phenoxy) is 1. The second kappa shape index (κ2) is 7.09. The fraction of sp³-hybridized carbons (Fsp3) is 0.588. The van der Waals surface area contributed by atoms with Crippen LogP contribution in [-0.4, -0.2) is 27.0 Å². The number of hydrogen-bond donors (Lipinski definition) is 0. The van der Waals surface area contributed by atoms with Gasteiger partial charge in [-0.1, -0.05) is 31.2 Å². The molecule has 0 saturated carbocycles. The van der Waals surface area contributed by atoms with Gasteiger partial charge in [0.15, 0.2) is 0 Å². The lowest BCUT2D eigenvalue weighted by atomic mass is 9.73. The average Bonchev–Trinajstić information content (AvgIpc) is 2.92. The molecule has 0 fully saturated rings. The number of carbonyl (C=O) groups is 1. The van der Waals surface area contributed by atoms with E-state index in [0.717, 1.165) is 0 Å². The summed E-state index contributed by atoms with van der Waals surface area (Å²) >= 11 is 0. The predicted molar refractivity (Wildman–Crippen MR) is 88.1 cm³/mol. The normalized spacial score (nSPS) is 25.0. The maximum Gasteiger partial charge on any atom is 0.534 e. The molecule has 0 unspecified atom stereocenters. The third-order valence-electron chi connectivity index (χ3n) is 4.86. The summed E-state index contributed by atoms with van der Waals surface area (Å²) in [5.74, 6) is -0.695. The van der Waals surface area contributed by atoms with Crippen molar-refractivity contribution in [2.45, 2.75) is 44.5 Å². The third kappa shape index (κ3) is 3.97. The van der Waals surface area contributed by atoms with Crippen LogP contribution in [0.4, 0.5) is 13.2 Å². The molecule has 0 amide bonds. The maximum atomic E-state index is 12.6. The lowest BCUT2D eigenvalue weighted by molar-refractivity contribution is -0.148. The second-order valence-corrected chi connectivity index (χ2v) is 8.26. The molecule has 146 valence electrons. The van der Waals surface area contributed by atoms with Gasteiger partial charge in [-0.15, -0.1) is 0 Å². The molecule has 0 aromatic rings. The zero-order valence-electron chi connectivity index (χ0n) is 14.5. The Hall–Kier alpha value is -1.77. The molecule has 0 bridgehead atoms. The predicted octanol–water partition coefficient (Wildman–Crippen LogP) is 3.99. The van der Waals surface area contributed by atoms with Crippen molar-refractivity contribution in [3.63, 3.8) is 0 Å². The van der Waals surface area contributed by atoms with Gasteiger partial charge >= 0.3 is 21.6 Å². The van der Waals surface area contributed by atoms with Crippen molar-refractivity contribution in [1.82, 2.24) is 0 Å². The average molecular weight is 394 g/mol. The van der Waals surface area contributed by atoms with Crippen LogP contribution in [-0.2, 0) is 23.8 Å². The Morgan fingerprint density at radius 2 is 1.85 bits per heavy atom. The SMILES string of the molecule is COC(=O)C1(CC[C@@]2(C)CCC=C2OS(=O)(=O)C(F)(F)F)C=CCC=C1. The summed E-state index contributed by atoms with van der Waals surface area (Å²) in [4.78, 5) is 12.2. The first-order valence-electron chi connectivity index (χ1n) is 8.11. The number of rotatable bonds is 6. The minimum Gasteiger partial charge on any atom is -0.468 e. The smallest absolute Gasteiger partial charge is 0.468 e. The van der Waals surface area contributed by atoms with Crippen molar-refractivity contribution < 1.29 is 35.3 Å². The van der Waals surface area contributed by atoms with Crippen LogP contribution in [0.25, 0.3) is 0 Å². The molecule has 2 aliphatic carbocycles. The molecule has 1 atom stereocenters. The van der Waals surface area contributed by atoms with E-state index < -0.39 is 32.4 Å². The highest BCUT2D eigenvalue weighted by Crippen LogP contribution is 2.48. The van der Waals surface area contributed by atoms with Crippen LogP contribution in [0, 0.1) is 10.8 Å². The van der Waals surface area contributed by atoms with Gasteiger partial charge < -0.3 is 8.92 Å². The molecular formula is C17H21F3O5S. The van der Waals surface area contributed by atoms with E-state index >= 15 is 0 Å². The van der Waals surface area contributed by atoms with Crippen molar-refractivity contribution in [2.75, 3.05) is 7.11 Å². The lowest BCUT2D eigenvalue weighted by Gasteiger charge is -2.32. The van der Waals surface area contributed by atoms with Crippen LogP contribution in [0.2, 0.25) is 0 Å². The van der Waals surface area contributed by atoms with Crippen molar-refractivity contribution in [3.8, 4) is 0 Å². The van der Waals surface area contributed by atoms with E-state index in [1.165, 1.54) is 13.2 Å². The van der Waals surface area contributed by atoms with E-state index in [0.29, 0.717) is 19.3 Å². The molecule has 0 aromatic carbocycles. The minimum absolute atomic E-state index is 0.224. The fourth-order valence-electron chi connectivity index (χ4n) is 3.21. The van der Waals surface area contributed by atoms with Crippen LogP contribution < -0.4 is 0 Å². The molecule has 0 radical (unpaired) electrons. The molecule has 2 rings (SSSR count). The van der Waals surface area contributed by atoms with Crippen LogP contribution in [0.1, 0.15) is 39.0 Å². The first-order chi connectivity index (χ1) is 12.0. The summed E-state index contributed by atoms with van der Waals surface area (Å²) in [5, 5.41) is 0. The summed E-state index contributed by atoms with van der Waals surface area (Å²) in [6, 6.07) is 0. The molecule has 9 heteroatoms. The molecule has 5 nitrogen and oxygen atoms in total. The Labute approximate surface area is 150 Å². The monoisotopic (exact) mass is 394 g/mol. The molecule has 0 N–H and O–H groups in total. The van der Waals surface area contributed by atoms with Gasteiger partial charge in [0.05, 0.1) is 7.11 Å². The molecule has 0 aromatic heterocycles. The van der Waals surface area contributed by atoms with Gasteiger partial charge in [0.1, 0.15) is 11.2 Å². The van der Waals surface area contributed by atoms with Crippen molar-refractivity contribution in [2.24, 2.45) is 10.8 Å². The molecule has 0 saturated heterocycles. The number of carbonyl (C=O) groups excluding carboxylic acids is 1.